The molecule has 128 valence electrons. The summed E-state index contributed by atoms with van der Waals surface area (Å²) in [6, 6.07) is 4.52. The number of benzene rings is 1. The van der Waals surface area contributed by atoms with Crippen molar-refractivity contribution in [3.63, 3.8) is 0 Å². The van der Waals surface area contributed by atoms with E-state index in [9.17, 15) is 4.39 Å². The van der Waals surface area contributed by atoms with Gasteiger partial charge < -0.3 is 10.5 Å². The summed E-state index contributed by atoms with van der Waals surface area (Å²) in [7, 11) is 0. The fourth-order valence-electron chi connectivity index (χ4n) is 2.65. The van der Waals surface area contributed by atoms with Crippen LogP contribution in [0.3, 0.4) is 0 Å². The Labute approximate surface area is 149 Å². The summed E-state index contributed by atoms with van der Waals surface area (Å²) in [5.74, 6) is 0.406. The number of nitrogen functional groups attached to an aromatic ring is 1. The predicted molar refractivity (Wildman–Crippen MR) is 92.9 cm³/mol. The Kier molecular flexibility index (Phi) is 5.10. The van der Waals surface area contributed by atoms with E-state index in [2.05, 4.69) is 15.8 Å². The lowest BCUT2D eigenvalue weighted by Crippen LogP contribution is -2.21. The topological polar surface area (TPSA) is 72.2 Å². The van der Waals surface area contributed by atoms with Gasteiger partial charge in [0.2, 0.25) is 0 Å². The van der Waals surface area contributed by atoms with Gasteiger partial charge in [0.05, 0.1) is 5.02 Å². The van der Waals surface area contributed by atoms with Crippen LogP contribution in [0.25, 0.3) is 0 Å². The zero-order valence-electron chi connectivity index (χ0n) is 12.9. The summed E-state index contributed by atoms with van der Waals surface area (Å²) >= 11 is 12.2. The van der Waals surface area contributed by atoms with E-state index in [1.165, 1.54) is 12.1 Å². The molecule has 0 spiro atoms. The fraction of sp³-hybridized carbons (Fsp3) is 0.312. The number of hydrazine groups is 1. The number of rotatable bonds is 4. The number of ether oxygens (including phenoxy) is 1. The molecule has 3 rings (SSSR count). The molecule has 8 heteroatoms. The van der Waals surface area contributed by atoms with Crippen LogP contribution < -0.4 is 21.3 Å². The zero-order chi connectivity index (χ0) is 17.3. The predicted octanol–water partition coefficient (Wildman–Crippen LogP) is 3.44. The molecule has 1 saturated heterocycles. The molecule has 1 unspecified atom stereocenters. The van der Waals surface area contributed by atoms with E-state index in [1.54, 1.807) is 13.1 Å². The smallest absolute Gasteiger partial charge is 0.166 e. The summed E-state index contributed by atoms with van der Waals surface area (Å²) < 4.78 is 19.6. The second-order valence-corrected chi connectivity index (χ2v) is 6.41. The van der Waals surface area contributed by atoms with Crippen LogP contribution in [0.4, 0.5) is 10.2 Å². The van der Waals surface area contributed by atoms with Crippen LogP contribution in [0, 0.1) is 5.82 Å². The molecule has 1 aliphatic heterocycles. The second-order valence-electron chi connectivity index (χ2n) is 5.63. The Morgan fingerprint density at radius 3 is 2.75 bits per heavy atom. The molecule has 2 heterocycles. The number of anilines is 1. The standard InChI is InChI=1S/C16H17Cl2FN4O/c1-8(14-11(17)2-3-12(19)15(14)18)24-13-4-9(5-21-16(13)20)10-6-22-23-7-10/h2-5,8,10,22-23H,6-7H2,1H3,(H2,20,21). The van der Waals surface area contributed by atoms with Crippen molar-refractivity contribution in [3.8, 4) is 5.75 Å². The molecule has 1 aromatic heterocycles. The van der Waals surface area contributed by atoms with E-state index in [1.807, 2.05) is 6.07 Å². The second kappa shape index (κ2) is 7.11. The van der Waals surface area contributed by atoms with Gasteiger partial charge in [0, 0.05) is 35.8 Å². The summed E-state index contributed by atoms with van der Waals surface area (Å²) in [5.41, 5.74) is 13.4. The molecule has 0 amide bonds. The van der Waals surface area contributed by atoms with E-state index in [4.69, 9.17) is 33.7 Å². The number of nitrogens with zero attached hydrogens (tertiary/aromatic N) is 1. The Balaban J connectivity index is 1.88. The Morgan fingerprint density at radius 2 is 2.04 bits per heavy atom. The van der Waals surface area contributed by atoms with Crippen molar-refractivity contribution in [2.45, 2.75) is 18.9 Å². The number of hydrogen-bond acceptors (Lipinski definition) is 5. The maximum absolute atomic E-state index is 13.7. The molecule has 1 atom stereocenters. The monoisotopic (exact) mass is 370 g/mol. The number of nitrogens with two attached hydrogens (primary N) is 1. The average Bonchev–Trinajstić information content (AvgIpc) is 3.08. The molecule has 0 saturated carbocycles. The highest BCUT2D eigenvalue weighted by Gasteiger charge is 2.22. The average molecular weight is 371 g/mol. The molecule has 0 radical (unpaired) electrons. The summed E-state index contributed by atoms with van der Waals surface area (Å²) in [5, 5.41) is 0.280. The first-order valence-corrected chi connectivity index (χ1v) is 8.24. The van der Waals surface area contributed by atoms with Crippen LogP contribution in [-0.4, -0.2) is 18.1 Å². The number of aromatic nitrogens is 1. The largest absolute Gasteiger partial charge is 0.482 e. The van der Waals surface area contributed by atoms with Gasteiger partial charge in [0.15, 0.2) is 11.6 Å². The third-order valence-corrected chi connectivity index (χ3v) is 4.70. The molecule has 24 heavy (non-hydrogen) atoms. The molecule has 4 N–H and O–H groups in total. The van der Waals surface area contributed by atoms with Gasteiger partial charge in [-0.15, -0.1) is 0 Å². The van der Waals surface area contributed by atoms with Crippen molar-refractivity contribution in [3.05, 3.63) is 51.4 Å². The highest BCUT2D eigenvalue weighted by Crippen LogP contribution is 2.36. The van der Waals surface area contributed by atoms with Crippen LogP contribution in [0.1, 0.15) is 30.1 Å². The van der Waals surface area contributed by atoms with Crippen molar-refractivity contribution in [1.29, 1.82) is 0 Å². The minimum absolute atomic E-state index is 0.0538. The van der Waals surface area contributed by atoms with Crippen LogP contribution in [0.15, 0.2) is 24.4 Å². The number of nitrogens with one attached hydrogen (secondary N) is 2. The maximum Gasteiger partial charge on any atom is 0.166 e. The quantitative estimate of drug-likeness (QED) is 0.719. The number of pyridine rings is 1. The van der Waals surface area contributed by atoms with E-state index in [0.717, 1.165) is 18.7 Å². The normalized spacial score (nSPS) is 16.3. The van der Waals surface area contributed by atoms with Gasteiger partial charge >= 0.3 is 0 Å². The lowest BCUT2D eigenvalue weighted by Gasteiger charge is -2.20. The molecular weight excluding hydrogens is 354 g/mol. The zero-order valence-corrected chi connectivity index (χ0v) is 14.5. The van der Waals surface area contributed by atoms with Gasteiger partial charge in [-0.2, -0.15) is 0 Å². The van der Waals surface area contributed by atoms with Crippen molar-refractivity contribution < 1.29 is 9.13 Å². The Bertz CT molecular complexity index is 753. The third kappa shape index (κ3) is 3.42. The molecule has 1 fully saturated rings. The first-order chi connectivity index (χ1) is 11.5. The van der Waals surface area contributed by atoms with Gasteiger partial charge in [-0.25, -0.2) is 9.37 Å². The highest BCUT2D eigenvalue weighted by atomic mass is 35.5. The first-order valence-electron chi connectivity index (χ1n) is 7.48. The van der Waals surface area contributed by atoms with E-state index in [-0.39, 0.29) is 16.8 Å². The highest BCUT2D eigenvalue weighted by molar-refractivity contribution is 6.36. The van der Waals surface area contributed by atoms with Gasteiger partial charge in [-0.05, 0) is 30.7 Å². The Hall–Kier alpha value is -1.60. The lowest BCUT2D eigenvalue weighted by atomic mass is 10.0. The minimum Gasteiger partial charge on any atom is -0.482 e. The molecule has 2 aromatic rings. The summed E-state index contributed by atoms with van der Waals surface area (Å²) in [6.07, 6.45) is 1.15. The van der Waals surface area contributed by atoms with E-state index >= 15 is 0 Å². The lowest BCUT2D eigenvalue weighted by molar-refractivity contribution is 0.227. The van der Waals surface area contributed by atoms with Crippen molar-refractivity contribution in [2.75, 3.05) is 18.8 Å². The molecule has 5 nitrogen and oxygen atoms in total. The van der Waals surface area contributed by atoms with Crippen LogP contribution in [0.5, 0.6) is 5.75 Å². The van der Waals surface area contributed by atoms with Crippen molar-refractivity contribution in [2.24, 2.45) is 0 Å². The van der Waals surface area contributed by atoms with Crippen LogP contribution in [-0.2, 0) is 0 Å². The third-order valence-electron chi connectivity index (χ3n) is 3.99. The molecule has 1 aliphatic rings. The molecular formula is C16H17Cl2FN4O. The van der Waals surface area contributed by atoms with E-state index in [0.29, 0.717) is 16.3 Å². The summed E-state index contributed by atoms with van der Waals surface area (Å²) in [4.78, 5) is 4.19. The number of hydrogen-bond donors (Lipinski definition) is 3. The van der Waals surface area contributed by atoms with Gasteiger partial charge in [0.1, 0.15) is 11.9 Å². The van der Waals surface area contributed by atoms with Crippen molar-refractivity contribution >= 4 is 29.0 Å². The van der Waals surface area contributed by atoms with Crippen LogP contribution in [0.2, 0.25) is 10.0 Å². The van der Waals surface area contributed by atoms with Gasteiger partial charge in [-0.1, -0.05) is 23.2 Å². The SMILES string of the molecule is CC(Oc1cc(C2CNNC2)cnc1N)c1c(Cl)ccc(F)c1Cl. The molecule has 1 aromatic carbocycles. The Morgan fingerprint density at radius 1 is 1.33 bits per heavy atom. The van der Waals surface area contributed by atoms with Gasteiger partial charge in [-0.3, -0.25) is 10.9 Å². The number of halogens is 3. The van der Waals surface area contributed by atoms with Gasteiger partial charge in [0.25, 0.3) is 0 Å². The minimum atomic E-state index is -0.583. The first kappa shape index (κ1) is 17.2. The summed E-state index contributed by atoms with van der Waals surface area (Å²) in [6.45, 7) is 3.32. The molecule has 0 bridgehead atoms. The molecule has 0 aliphatic carbocycles. The van der Waals surface area contributed by atoms with Crippen LogP contribution >= 0.6 is 23.2 Å². The van der Waals surface area contributed by atoms with E-state index < -0.39 is 11.9 Å². The van der Waals surface area contributed by atoms with Crippen molar-refractivity contribution in [1.82, 2.24) is 15.8 Å². The maximum atomic E-state index is 13.7. The fourth-order valence-corrected chi connectivity index (χ4v) is 3.33.